The molecule has 1 aromatic carbocycles. The van der Waals surface area contributed by atoms with E-state index < -0.39 is 0 Å². The molecule has 1 aromatic rings. The third-order valence-corrected chi connectivity index (χ3v) is 4.57. The van der Waals surface area contributed by atoms with Gasteiger partial charge in [0.05, 0.1) is 20.6 Å². The second-order valence-electron chi connectivity index (χ2n) is 7.49. The molecular formula is C22H41NO. The maximum atomic E-state index is 8.25. The van der Waals surface area contributed by atoms with Gasteiger partial charge in [0, 0.05) is 5.56 Å². The van der Waals surface area contributed by atoms with E-state index in [2.05, 4.69) is 51.4 Å². The number of benzene rings is 1. The quantitative estimate of drug-likeness (QED) is 0.361. The molecule has 0 aliphatic rings. The lowest BCUT2D eigenvalue weighted by atomic mass is 10.1. The first-order valence-corrected chi connectivity index (χ1v) is 9.91. The smallest absolute Gasteiger partial charge is 0.104 e. The van der Waals surface area contributed by atoms with Crippen LogP contribution in [0, 0.1) is 0 Å². The van der Waals surface area contributed by atoms with Crippen molar-refractivity contribution in [2.24, 2.45) is 0 Å². The summed E-state index contributed by atoms with van der Waals surface area (Å²) in [6, 6.07) is 10.9. The molecule has 2 nitrogen and oxygen atoms in total. The van der Waals surface area contributed by atoms with E-state index in [1.165, 1.54) is 76.3 Å². The predicted molar refractivity (Wildman–Crippen MR) is 105 cm³/mol. The lowest BCUT2D eigenvalue weighted by molar-refractivity contribution is -0.903. The van der Waals surface area contributed by atoms with Crippen molar-refractivity contribution in [3.05, 3.63) is 35.9 Å². The van der Waals surface area contributed by atoms with Crippen molar-refractivity contribution in [3.63, 3.8) is 0 Å². The normalized spacial score (nSPS) is 11.0. The summed E-state index contributed by atoms with van der Waals surface area (Å²) in [6.45, 7) is 4.74. The Bertz CT molecular complexity index is 361. The number of quaternary nitrogens is 1. The standard InChI is InChI=1S/C21H38N.CH3O/c1-4-5-6-7-8-9-10-11-12-16-19-22(2,3)20-21-17-14-13-15-18-21;1-2/h13-15,17-18H,4-12,16,19-20H2,1-3H3;1H3/q+1;-1. The summed E-state index contributed by atoms with van der Waals surface area (Å²) in [5.74, 6) is 0. The molecule has 0 spiro atoms. The van der Waals surface area contributed by atoms with Crippen LogP contribution in [0.2, 0.25) is 0 Å². The fraction of sp³-hybridized carbons (Fsp3) is 0.727. The van der Waals surface area contributed by atoms with Crippen molar-refractivity contribution >= 4 is 0 Å². The molecule has 2 heteroatoms. The zero-order valence-electron chi connectivity index (χ0n) is 16.7. The summed E-state index contributed by atoms with van der Waals surface area (Å²) < 4.78 is 1.11. The van der Waals surface area contributed by atoms with Crippen LogP contribution in [0.25, 0.3) is 0 Å². The van der Waals surface area contributed by atoms with Crippen molar-refractivity contribution in [1.82, 2.24) is 0 Å². The first kappa shape index (κ1) is 23.1. The molecule has 0 heterocycles. The van der Waals surface area contributed by atoms with E-state index in [9.17, 15) is 0 Å². The van der Waals surface area contributed by atoms with Crippen LogP contribution in [0.15, 0.2) is 30.3 Å². The highest BCUT2D eigenvalue weighted by Crippen LogP contribution is 2.13. The summed E-state index contributed by atoms with van der Waals surface area (Å²) >= 11 is 0. The summed E-state index contributed by atoms with van der Waals surface area (Å²) in [4.78, 5) is 0. The fourth-order valence-electron chi connectivity index (χ4n) is 3.18. The van der Waals surface area contributed by atoms with Gasteiger partial charge in [-0.2, -0.15) is 7.11 Å². The Labute approximate surface area is 151 Å². The minimum atomic E-state index is 0.750. The van der Waals surface area contributed by atoms with Crippen LogP contribution < -0.4 is 5.11 Å². The Morgan fingerprint density at radius 3 is 1.67 bits per heavy atom. The van der Waals surface area contributed by atoms with Crippen molar-refractivity contribution in [1.29, 1.82) is 0 Å². The van der Waals surface area contributed by atoms with Gasteiger partial charge in [-0.25, -0.2) is 0 Å². The number of hydrogen-bond acceptors (Lipinski definition) is 1. The average Bonchev–Trinajstić information content (AvgIpc) is 2.59. The number of hydrogen-bond donors (Lipinski definition) is 0. The van der Waals surface area contributed by atoms with E-state index in [1.54, 1.807) is 0 Å². The van der Waals surface area contributed by atoms with Gasteiger partial charge >= 0.3 is 0 Å². The molecule has 0 saturated carbocycles. The van der Waals surface area contributed by atoms with E-state index >= 15 is 0 Å². The van der Waals surface area contributed by atoms with Crippen molar-refractivity contribution in [2.45, 2.75) is 77.7 Å². The van der Waals surface area contributed by atoms with Gasteiger partial charge in [-0.15, -0.1) is 0 Å². The van der Waals surface area contributed by atoms with Gasteiger partial charge in [0.2, 0.25) is 0 Å². The minimum Gasteiger partial charge on any atom is -0.857 e. The monoisotopic (exact) mass is 335 g/mol. The summed E-state index contributed by atoms with van der Waals surface area (Å²) in [6.07, 6.45) is 14.2. The summed E-state index contributed by atoms with van der Waals surface area (Å²) in [7, 11) is 5.47. The Hall–Kier alpha value is -0.860. The van der Waals surface area contributed by atoms with Gasteiger partial charge in [0.25, 0.3) is 0 Å². The molecule has 0 aromatic heterocycles. The van der Waals surface area contributed by atoms with Gasteiger partial charge in [0.1, 0.15) is 6.54 Å². The van der Waals surface area contributed by atoms with Crippen molar-refractivity contribution in [3.8, 4) is 0 Å². The maximum absolute atomic E-state index is 8.25. The number of nitrogens with zero attached hydrogens (tertiary/aromatic N) is 1. The van der Waals surface area contributed by atoms with Crippen LogP contribution in [0.5, 0.6) is 0 Å². The molecule has 0 bridgehead atoms. The minimum absolute atomic E-state index is 0.750. The third-order valence-electron chi connectivity index (χ3n) is 4.57. The van der Waals surface area contributed by atoms with E-state index in [0.717, 1.165) is 18.1 Å². The van der Waals surface area contributed by atoms with Crippen LogP contribution in [0.4, 0.5) is 0 Å². The first-order chi connectivity index (χ1) is 11.6. The summed E-state index contributed by atoms with van der Waals surface area (Å²) in [5, 5.41) is 8.25. The Kier molecular flexibility index (Phi) is 15.1. The van der Waals surface area contributed by atoms with E-state index in [-0.39, 0.29) is 0 Å². The van der Waals surface area contributed by atoms with Crippen LogP contribution in [-0.2, 0) is 6.54 Å². The van der Waals surface area contributed by atoms with E-state index in [0.29, 0.717) is 0 Å². The van der Waals surface area contributed by atoms with Crippen molar-refractivity contribution < 1.29 is 9.59 Å². The molecule has 0 N–H and O–H groups in total. The highest BCUT2D eigenvalue weighted by molar-refractivity contribution is 5.13. The molecule has 140 valence electrons. The topological polar surface area (TPSA) is 23.1 Å². The zero-order chi connectivity index (χ0) is 18.1. The van der Waals surface area contributed by atoms with Gasteiger partial charge in [-0.1, -0.05) is 88.6 Å². The highest BCUT2D eigenvalue weighted by Gasteiger charge is 2.14. The molecule has 0 atom stereocenters. The van der Waals surface area contributed by atoms with Gasteiger partial charge in [-0.3, -0.25) is 0 Å². The molecule has 24 heavy (non-hydrogen) atoms. The van der Waals surface area contributed by atoms with Crippen LogP contribution in [0.3, 0.4) is 0 Å². The fourth-order valence-corrected chi connectivity index (χ4v) is 3.18. The first-order valence-electron chi connectivity index (χ1n) is 9.91. The Morgan fingerprint density at radius 1 is 0.708 bits per heavy atom. The summed E-state index contributed by atoms with van der Waals surface area (Å²) in [5.41, 5.74) is 1.46. The van der Waals surface area contributed by atoms with Crippen LogP contribution in [0.1, 0.15) is 76.7 Å². The van der Waals surface area contributed by atoms with Gasteiger partial charge < -0.3 is 9.59 Å². The maximum Gasteiger partial charge on any atom is 0.104 e. The highest BCUT2D eigenvalue weighted by atomic mass is 16.2. The Balaban J connectivity index is 0.00000254. The Morgan fingerprint density at radius 2 is 1.17 bits per heavy atom. The SMILES string of the molecule is CCCCCCCCCCCC[N+](C)(C)Cc1ccccc1.C[O-]. The van der Waals surface area contributed by atoms with Gasteiger partial charge in [0.15, 0.2) is 0 Å². The average molecular weight is 336 g/mol. The molecule has 0 unspecified atom stereocenters. The van der Waals surface area contributed by atoms with E-state index in [1.807, 2.05) is 0 Å². The molecule has 0 fully saturated rings. The number of rotatable bonds is 13. The molecule has 0 aliphatic carbocycles. The van der Waals surface area contributed by atoms with Crippen LogP contribution >= 0.6 is 0 Å². The second-order valence-corrected chi connectivity index (χ2v) is 7.49. The van der Waals surface area contributed by atoms with Gasteiger partial charge in [-0.05, 0) is 12.8 Å². The molecule has 0 aliphatic heterocycles. The molecule has 0 amide bonds. The van der Waals surface area contributed by atoms with Crippen LogP contribution in [-0.4, -0.2) is 32.2 Å². The predicted octanol–water partition coefficient (Wildman–Crippen LogP) is 5.16. The third kappa shape index (κ3) is 13.6. The lowest BCUT2D eigenvalue weighted by Crippen LogP contribution is -2.39. The van der Waals surface area contributed by atoms with Crippen molar-refractivity contribution in [2.75, 3.05) is 27.7 Å². The van der Waals surface area contributed by atoms with E-state index in [4.69, 9.17) is 5.11 Å². The number of unbranched alkanes of at least 4 members (excludes halogenated alkanes) is 9. The zero-order valence-corrected chi connectivity index (χ0v) is 16.7. The molecule has 1 rings (SSSR count). The second kappa shape index (κ2) is 15.7. The molecule has 0 saturated heterocycles. The molecule has 0 radical (unpaired) electrons. The largest absolute Gasteiger partial charge is 0.857 e. The molecular weight excluding hydrogens is 294 g/mol. The lowest BCUT2D eigenvalue weighted by Gasteiger charge is -2.30.